The third-order valence-electron chi connectivity index (χ3n) is 2.85. The molecule has 0 saturated heterocycles. The van der Waals surface area contributed by atoms with Gasteiger partial charge in [0.25, 0.3) is 0 Å². The monoisotopic (exact) mass is 270 g/mol. The quantitative estimate of drug-likeness (QED) is 0.846. The molecule has 5 heteroatoms. The first-order valence-electron chi connectivity index (χ1n) is 6.08. The van der Waals surface area contributed by atoms with Gasteiger partial charge in [0.1, 0.15) is 5.82 Å². The maximum Gasteiger partial charge on any atom is 0.335 e. The number of amides is 1. The van der Waals surface area contributed by atoms with Gasteiger partial charge in [0.2, 0.25) is 6.41 Å². The fourth-order valence-electron chi connectivity index (χ4n) is 1.81. The number of aromatic nitrogens is 1. The molecule has 0 atom stereocenters. The molecule has 0 saturated carbocycles. The van der Waals surface area contributed by atoms with Crippen molar-refractivity contribution < 1.29 is 14.7 Å². The lowest BCUT2D eigenvalue weighted by Gasteiger charge is -2.16. The molecule has 1 N–H and O–H groups in total. The second kappa shape index (κ2) is 5.97. The highest BCUT2D eigenvalue weighted by Gasteiger charge is 2.08. The van der Waals surface area contributed by atoms with Crippen molar-refractivity contribution >= 4 is 18.2 Å². The number of hydrogen-bond acceptors (Lipinski definition) is 3. The Labute approximate surface area is 116 Å². The van der Waals surface area contributed by atoms with E-state index in [1.807, 2.05) is 19.1 Å². The lowest BCUT2D eigenvalue weighted by Crippen LogP contribution is -2.21. The molecule has 5 nitrogen and oxygen atoms in total. The molecule has 0 aliphatic heterocycles. The van der Waals surface area contributed by atoms with E-state index in [9.17, 15) is 9.59 Å². The summed E-state index contributed by atoms with van der Waals surface area (Å²) < 4.78 is 0. The summed E-state index contributed by atoms with van der Waals surface area (Å²) in [7, 11) is 0. The summed E-state index contributed by atoms with van der Waals surface area (Å²) >= 11 is 0. The van der Waals surface area contributed by atoms with Gasteiger partial charge in [-0.2, -0.15) is 0 Å². The molecule has 0 radical (unpaired) electrons. The average molecular weight is 270 g/mol. The molecule has 1 aromatic carbocycles. The zero-order valence-corrected chi connectivity index (χ0v) is 11.0. The van der Waals surface area contributed by atoms with Crippen molar-refractivity contribution in [1.82, 2.24) is 4.98 Å². The minimum atomic E-state index is -0.968. The zero-order valence-electron chi connectivity index (χ0n) is 11.0. The Bertz CT molecular complexity index is 623. The highest BCUT2D eigenvalue weighted by molar-refractivity contribution is 5.87. The molecule has 0 bridgehead atoms. The van der Waals surface area contributed by atoms with Crippen molar-refractivity contribution in [2.75, 3.05) is 4.90 Å². The van der Waals surface area contributed by atoms with E-state index in [0.717, 1.165) is 11.3 Å². The third-order valence-corrected chi connectivity index (χ3v) is 2.85. The maximum absolute atomic E-state index is 11.2. The van der Waals surface area contributed by atoms with E-state index in [0.29, 0.717) is 18.8 Å². The number of pyridine rings is 1. The van der Waals surface area contributed by atoms with Crippen LogP contribution >= 0.6 is 0 Å². The second-order valence-corrected chi connectivity index (χ2v) is 4.37. The van der Waals surface area contributed by atoms with Gasteiger partial charge in [-0.3, -0.25) is 9.69 Å². The number of hydrogen-bond donors (Lipinski definition) is 1. The van der Waals surface area contributed by atoms with Crippen LogP contribution in [0.2, 0.25) is 0 Å². The van der Waals surface area contributed by atoms with Gasteiger partial charge >= 0.3 is 5.97 Å². The van der Waals surface area contributed by atoms with E-state index >= 15 is 0 Å². The van der Waals surface area contributed by atoms with Crippen LogP contribution in [0.4, 0.5) is 5.82 Å². The number of rotatable bonds is 5. The maximum atomic E-state index is 11.2. The van der Waals surface area contributed by atoms with Gasteiger partial charge in [-0.15, -0.1) is 0 Å². The van der Waals surface area contributed by atoms with Gasteiger partial charge in [0.05, 0.1) is 12.1 Å². The smallest absolute Gasteiger partial charge is 0.335 e. The van der Waals surface area contributed by atoms with Crippen LogP contribution in [0.15, 0.2) is 42.5 Å². The average Bonchev–Trinajstić information content (AvgIpc) is 2.45. The number of carbonyl (C=O) groups is 2. The van der Waals surface area contributed by atoms with Crippen molar-refractivity contribution in [2.24, 2.45) is 0 Å². The van der Waals surface area contributed by atoms with Crippen molar-refractivity contribution in [2.45, 2.75) is 13.5 Å². The normalized spacial score (nSPS) is 10.1. The van der Waals surface area contributed by atoms with Crippen LogP contribution in [0.1, 0.15) is 21.6 Å². The van der Waals surface area contributed by atoms with E-state index in [2.05, 4.69) is 4.98 Å². The van der Waals surface area contributed by atoms with Crippen molar-refractivity contribution in [1.29, 1.82) is 0 Å². The Morgan fingerprint density at radius 1 is 1.25 bits per heavy atom. The fraction of sp³-hybridized carbons (Fsp3) is 0.133. The van der Waals surface area contributed by atoms with Crippen molar-refractivity contribution in [3.8, 4) is 0 Å². The van der Waals surface area contributed by atoms with Crippen molar-refractivity contribution in [3.05, 3.63) is 59.3 Å². The molecule has 1 amide bonds. The highest BCUT2D eigenvalue weighted by atomic mass is 16.4. The summed E-state index contributed by atoms with van der Waals surface area (Å²) in [6.07, 6.45) is 0.715. The van der Waals surface area contributed by atoms with Gasteiger partial charge in [-0.1, -0.05) is 18.2 Å². The molecular formula is C15H14N2O3. The van der Waals surface area contributed by atoms with Gasteiger partial charge in [-0.05, 0) is 36.8 Å². The molecule has 0 aliphatic carbocycles. The van der Waals surface area contributed by atoms with E-state index in [1.165, 1.54) is 17.0 Å². The summed E-state index contributed by atoms with van der Waals surface area (Å²) in [6.45, 7) is 2.20. The third kappa shape index (κ3) is 3.20. The number of anilines is 1. The highest BCUT2D eigenvalue weighted by Crippen LogP contribution is 2.14. The van der Waals surface area contributed by atoms with Gasteiger partial charge in [-0.25, -0.2) is 9.78 Å². The van der Waals surface area contributed by atoms with Crippen LogP contribution in [0.25, 0.3) is 0 Å². The first-order valence-corrected chi connectivity index (χ1v) is 6.08. The zero-order chi connectivity index (χ0) is 14.5. The fourth-order valence-corrected chi connectivity index (χ4v) is 1.81. The first kappa shape index (κ1) is 13.7. The first-order chi connectivity index (χ1) is 9.60. The molecule has 1 heterocycles. The minimum Gasteiger partial charge on any atom is -0.478 e. The number of nitrogens with zero attached hydrogens (tertiary/aromatic N) is 2. The lowest BCUT2D eigenvalue weighted by molar-refractivity contribution is -0.107. The Morgan fingerprint density at radius 3 is 2.50 bits per heavy atom. The van der Waals surface area contributed by atoms with E-state index in [4.69, 9.17) is 5.11 Å². The molecule has 102 valence electrons. The molecule has 20 heavy (non-hydrogen) atoms. The number of carboxylic acids is 1. The topological polar surface area (TPSA) is 70.5 Å². The van der Waals surface area contributed by atoms with Gasteiger partial charge in [0, 0.05) is 5.69 Å². The number of aromatic carboxylic acids is 1. The summed E-state index contributed by atoms with van der Waals surface area (Å²) in [5.74, 6) is -0.397. The molecule has 2 rings (SSSR count). The van der Waals surface area contributed by atoms with Gasteiger partial charge in [0.15, 0.2) is 0 Å². The van der Waals surface area contributed by atoms with Crippen LogP contribution in [0, 0.1) is 6.92 Å². The Hall–Kier alpha value is -2.69. The van der Waals surface area contributed by atoms with Crippen LogP contribution in [0.3, 0.4) is 0 Å². The number of carbonyl (C=O) groups excluding carboxylic acids is 1. The van der Waals surface area contributed by atoms with Gasteiger partial charge < -0.3 is 5.11 Å². The second-order valence-electron chi connectivity index (χ2n) is 4.37. The number of carboxylic acid groups (broad SMARTS) is 1. The summed E-state index contributed by atoms with van der Waals surface area (Å²) in [5, 5.41) is 8.84. The largest absolute Gasteiger partial charge is 0.478 e. The number of benzene rings is 1. The van der Waals surface area contributed by atoms with Crippen molar-refractivity contribution in [3.63, 3.8) is 0 Å². The summed E-state index contributed by atoms with van der Waals surface area (Å²) in [6, 6.07) is 11.9. The Morgan fingerprint density at radius 2 is 1.95 bits per heavy atom. The summed E-state index contributed by atoms with van der Waals surface area (Å²) in [4.78, 5) is 27.7. The Balaban J connectivity index is 2.18. The molecule has 1 aromatic heterocycles. The van der Waals surface area contributed by atoms with Crippen LogP contribution in [-0.4, -0.2) is 22.5 Å². The predicted molar refractivity (Wildman–Crippen MR) is 74.6 cm³/mol. The predicted octanol–water partition coefficient (Wildman–Crippen LogP) is 2.25. The van der Waals surface area contributed by atoms with E-state index in [-0.39, 0.29) is 5.56 Å². The van der Waals surface area contributed by atoms with Crippen LogP contribution in [-0.2, 0) is 11.3 Å². The summed E-state index contributed by atoms with van der Waals surface area (Å²) in [5.41, 5.74) is 1.89. The lowest BCUT2D eigenvalue weighted by atomic mass is 10.1. The molecule has 0 unspecified atom stereocenters. The van der Waals surface area contributed by atoms with E-state index < -0.39 is 5.97 Å². The molecule has 0 spiro atoms. The molecule has 0 aliphatic rings. The molecule has 0 fully saturated rings. The van der Waals surface area contributed by atoms with Crippen LogP contribution < -0.4 is 4.90 Å². The molecular weight excluding hydrogens is 256 g/mol. The van der Waals surface area contributed by atoms with Crippen LogP contribution in [0.5, 0.6) is 0 Å². The van der Waals surface area contributed by atoms with E-state index in [1.54, 1.807) is 18.2 Å². The standard InChI is InChI=1S/C15H14N2O3/c1-11-3-2-4-14(16-11)17(10-18)9-12-5-7-13(8-6-12)15(19)20/h2-8,10H,9H2,1H3,(H,19,20). The minimum absolute atomic E-state index is 0.222. The Kier molecular flexibility index (Phi) is 4.10. The SMILES string of the molecule is Cc1cccc(N(C=O)Cc2ccc(C(=O)O)cc2)n1. The number of aryl methyl sites for hydroxylation is 1. The molecule has 2 aromatic rings.